The second kappa shape index (κ2) is 4.93. The van der Waals surface area contributed by atoms with Crippen LogP contribution in [-0.2, 0) is 13.6 Å². The highest BCUT2D eigenvalue weighted by Crippen LogP contribution is 2.28. The zero-order valence-electron chi connectivity index (χ0n) is 10.4. The number of rotatable bonds is 3. The largest absolute Gasteiger partial charge is 0.394 e. The monoisotopic (exact) mass is 368 g/mol. The molecule has 0 atom stereocenters. The van der Waals surface area contributed by atoms with E-state index in [4.69, 9.17) is 5.11 Å². The minimum absolute atomic E-state index is 0.0786. The summed E-state index contributed by atoms with van der Waals surface area (Å²) in [7, 11) is 1.89. The van der Waals surface area contributed by atoms with Crippen molar-refractivity contribution in [3.63, 3.8) is 0 Å². The van der Waals surface area contributed by atoms with Crippen LogP contribution in [0.4, 0.5) is 0 Å². The molecule has 1 aromatic carbocycles. The lowest BCUT2D eigenvalue weighted by Crippen LogP contribution is -2.03. The van der Waals surface area contributed by atoms with E-state index in [-0.39, 0.29) is 6.61 Å². The Kier molecular flexibility index (Phi) is 3.28. The van der Waals surface area contributed by atoms with Crippen LogP contribution in [-0.4, -0.2) is 31.3 Å². The Bertz CT molecular complexity index is 731. The van der Waals surface area contributed by atoms with Crippen molar-refractivity contribution in [3.8, 4) is 11.3 Å². The predicted octanol–water partition coefficient (Wildman–Crippen LogP) is 2.03. The molecule has 2 heterocycles. The first-order chi connectivity index (χ1) is 9.19. The first kappa shape index (κ1) is 12.6. The standard InChI is InChI=1S/C13H13IN4O/c1-17-8-9(7-15-17)13-11-6-10(14)2-3-12(11)18(16-13)4-5-19/h2-3,6-8,19H,4-5H2,1H3. The van der Waals surface area contributed by atoms with Crippen LogP contribution in [0, 0.1) is 3.57 Å². The molecule has 19 heavy (non-hydrogen) atoms. The van der Waals surface area contributed by atoms with Crippen molar-refractivity contribution in [2.24, 2.45) is 7.05 Å². The summed E-state index contributed by atoms with van der Waals surface area (Å²) in [4.78, 5) is 0. The quantitative estimate of drug-likeness (QED) is 0.720. The predicted molar refractivity (Wildman–Crippen MR) is 81.7 cm³/mol. The molecule has 0 unspecified atom stereocenters. The van der Waals surface area contributed by atoms with Crippen LogP contribution in [0.1, 0.15) is 0 Å². The van der Waals surface area contributed by atoms with Gasteiger partial charge in [-0.15, -0.1) is 0 Å². The van der Waals surface area contributed by atoms with Crippen LogP contribution in [0.15, 0.2) is 30.6 Å². The molecule has 0 amide bonds. The average molecular weight is 368 g/mol. The van der Waals surface area contributed by atoms with E-state index < -0.39 is 0 Å². The number of aliphatic hydroxyl groups is 1. The minimum Gasteiger partial charge on any atom is -0.394 e. The molecule has 2 aromatic heterocycles. The maximum absolute atomic E-state index is 9.14. The first-order valence-corrected chi connectivity index (χ1v) is 7.03. The maximum Gasteiger partial charge on any atom is 0.103 e. The lowest BCUT2D eigenvalue weighted by atomic mass is 10.1. The third-order valence-electron chi connectivity index (χ3n) is 3.00. The van der Waals surface area contributed by atoms with Crippen molar-refractivity contribution in [1.82, 2.24) is 19.6 Å². The topological polar surface area (TPSA) is 55.9 Å². The Hall–Kier alpha value is -1.41. The number of halogens is 1. The molecule has 1 N–H and O–H groups in total. The summed E-state index contributed by atoms with van der Waals surface area (Å²) in [5.74, 6) is 0. The fourth-order valence-electron chi connectivity index (χ4n) is 2.17. The van der Waals surface area contributed by atoms with E-state index >= 15 is 0 Å². The number of aryl methyl sites for hydroxylation is 1. The molecule has 0 radical (unpaired) electrons. The van der Waals surface area contributed by atoms with E-state index in [1.54, 1.807) is 4.68 Å². The Labute approximate surface area is 124 Å². The Balaban J connectivity index is 2.25. The van der Waals surface area contributed by atoms with Gasteiger partial charge in [0.05, 0.1) is 24.9 Å². The van der Waals surface area contributed by atoms with Gasteiger partial charge in [-0.3, -0.25) is 9.36 Å². The zero-order valence-corrected chi connectivity index (χ0v) is 12.6. The van der Waals surface area contributed by atoms with Crippen LogP contribution in [0.25, 0.3) is 22.2 Å². The number of aliphatic hydroxyl groups excluding tert-OH is 1. The normalized spacial score (nSPS) is 11.3. The molecule has 3 aromatic rings. The summed E-state index contributed by atoms with van der Waals surface area (Å²) in [6, 6.07) is 6.20. The van der Waals surface area contributed by atoms with Crippen LogP contribution in [0.5, 0.6) is 0 Å². The number of hydrogen-bond acceptors (Lipinski definition) is 3. The highest BCUT2D eigenvalue weighted by atomic mass is 127. The molecule has 0 saturated heterocycles. The summed E-state index contributed by atoms with van der Waals surface area (Å²) >= 11 is 2.29. The number of benzene rings is 1. The maximum atomic E-state index is 9.14. The third kappa shape index (κ3) is 2.25. The highest BCUT2D eigenvalue weighted by molar-refractivity contribution is 14.1. The van der Waals surface area contributed by atoms with Gasteiger partial charge in [-0.05, 0) is 40.8 Å². The fraction of sp³-hybridized carbons (Fsp3) is 0.231. The van der Waals surface area contributed by atoms with Gasteiger partial charge >= 0.3 is 0 Å². The van der Waals surface area contributed by atoms with E-state index in [0.717, 1.165) is 22.2 Å². The number of hydrogen-bond donors (Lipinski definition) is 1. The summed E-state index contributed by atoms with van der Waals surface area (Å²) in [6.07, 6.45) is 3.76. The molecule has 0 aliphatic carbocycles. The number of aromatic nitrogens is 4. The van der Waals surface area contributed by atoms with E-state index in [1.807, 2.05) is 36.3 Å². The molecule has 0 aliphatic rings. The van der Waals surface area contributed by atoms with Crippen molar-refractivity contribution in [2.75, 3.05) is 6.61 Å². The van der Waals surface area contributed by atoms with Crippen molar-refractivity contribution in [2.45, 2.75) is 6.54 Å². The van der Waals surface area contributed by atoms with E-state index in [2.05, 4.69) is 38.9 Å². The second-order valence-corrected chi connectivity index (χ2v) is 5.61. The van der Waals surface area contributed by atoms with Crippen LogP contribution in [0.3, 0.4) is 0 Å². The van der Waals surface area contributed by atoms with Gasteiger partial charge in [-0.2, -0.15) is 10.2 Å². The highest BCUT2D eigenvalue weighted by Gasteiger charge is 2.13. The molecule has 6 heteroatoms. The molecule has 0 saturated carbocycles. The number of nitrogens with zero attached hydrogens (tertiary/aromatic N) is 4. The van der Waals surface area contributed by atoms with Gasteiger partial charge in [0.1, 0.15) is 5.69 Å². The Morgan fingerprint density at radius 3 is 2.89 bits per heavy atom. The lowest BCUT2D eigenvalue weighted by Gasteiger charge is -1.99. The van der Waals surface area contributed by atoms with Gasteiger partial charge in [-0.1, -0.05) is 0 Å². The molecule has 0 spiro atoms. The van der Waals surface area contributed by atoms with E-state index in [0.29, 0.717) is 6.54 Å². The molecule has 5 nitrogen and oxygen atoms in total. The summed E-state index contributed by atoms with van der Waals surface area (Å²) < 4.78 is 4.77. The molecular weight excluding hydrogens is 355 g/mol. The SMILES string of the molecule is Cn1cc(-c2nn(CCO)c3ccc(I)cc23)cn1. The zero-order chi connectivity index (χ0) is 13.4. The van der Waals surface area contributed by atoms with E-state index in [9.17, 15) is 0 Å². The smallest absolute Gasteiger partial charge is 0.103 e. The summed E-state index contributed by atoms with van der Waals surface area (Å²) in [6.45, 7) is 0.576. The molecule has 0 aliphatic heterocycles. The van der Waals surface area contributed by atoms with Gasteiger partial charge in [0.2, 0.25) is 0 Å². The van der Waals surface area contributed by atoms with Crippen molar-refractivity contribution in [1.29, 1.82) is 0 Å². The van der Waals surface area contributed by atoms with Crippen molar-refractivity contribution < 1.29 is 5.11 Å². The molecule has 0 bridgehead atoms. The average Bonchev–Trinajstić information content (AvgIpc) is 2.94. The summed E-state index contributed by atoms with van der Waals surface area (Å²) in [5.41, 5.74) is 2.94. The Morgan fingerprint density at radius 1 is 1.37 bits per heavy atom. The summed E-state index contributed by atoms with van der Waals surface area (Å²) in [5, 5.41) is 19.0. The lowest BCUT2D eigenvalue weighted by molar-refractivity contribution is 0.272. The first-order valence-electron chi connectivity index (χ1n) is 5.95. The van der Waals surface area contributed by atoms with Crippen molar-refractivity contribution in [3.05, 3.63) is 34.2 Å². The minimum atomic E-state index is 0.0786. The molecular formula is C13H13IN4O. The van der Waals surface area contributed by atoms with Gasteiger partial charge in [0, 0.05) is 27.8 Å². The van der Waals surface area contributed by atoms with Gasteiger partial charge in [0.15, 0.2) is 0 Å². The van der Waals surface area contributed by atoms with Crippen LogP contribution in [0.2, 0.25) is 0 Å². The third-order valence-corrected chi connectivity index (χ3v) is 3.67. The Morgan fingerprint density at radius 2 is 2.21 bits per heavy atom. The number of fused-ring (bicyclic) bond motifs is 1. The molecule has 3 rings (SSSR count). The molecule has 98 valence electrons. The second-order valence-electron chi connectivity index (χ2n) is 4.36. The van der Waals surface area contributed by atoms with E-state index in [1.165, 1.54) is 3.57 Å². The molecule has 0 fully saturated rings. The fourth-order valence-corrected chi connectivity index (χ4v) is 2.66. The van der Waals surface area contributed by atoms with Crippen molar-refractivity contribution >= 4 is 33.5 Å². The van der Waals surface area contributed by atoms with Gasteiger partial charge < -0.3 is 5.11 Å². The van der Waals surface area contributed by atoms with Crippen LogP contribution < -0.4 is 0 Å². The van der Waals surface area contributed by atoms with Crippen LogP contribution >= 0.6 is 22.6 Å². The van der Waals surface area contributed by atoms with Gasteiger partial charge in [-0.25, -0.2) is 0 Å². The van der Waals surface area contributed by atoms with Gasteiger partial charge in [0.25, 0.3) is 0 Å².